The van der Waals surface area contributed by atoms with Crippen LogP contribution in [0.5, 0.6) is 5.75 Å². The summed E-state index contributed by atoms with van der Waals surface area (Å²) in [4.78, 5) is 11.4. The van der Waals surface area contributed by atoms with Gasteiger partial charge in [0, 0.05) is 5.02 Å². The van der Waals surface area contributed by atoms with E-state index in [2.05, 4.69) is 10.0 Å². The van der Waals surface area contributed by atoms with Gasteiger partial charge < -0.3 is 10.1 Å². The summed E-state index contributed by atoms with van der Waals surface area (Å²) in [6.45, 7) is 1.58. The van der Waals surface area contributed by atoms with Gasteiger partial charge in [0.1, 0.15) is 5.75 Å². The van der Waals surface area contributed by atoms with Gasteiger partial charge in [0.25, 0.3) is 15.9 Å². The topological polar surface area (TPSA) is 84.5 Å². The molecule has 6 nitrogen and oxygen atoms in total. The quantitative estimate of drug-likeness (QED) is 0.889. The van der Waals surface area contributed by atoms with E-state index in [9.17, 15) is 13.2 Å². The van der Waals surface area contributed by atoms with Crippen LogP contribution in [0.1, 0.15) is 5.56 Å². The Morgan fingerprint density at radius 1 is 1.26 bits per heavy atom. The summed E-state index contributed by atoms with van der Waals surface area (Å²) in [5.74, 6) is 0.203. The first kappa shape index (κ1) is 15.6. The minimum absolute atomic E-state index is 0.0558. The molecule has 23 heavy (non-hydrogen) atoms. The van der Waals surface area contributed by atoms with Gasteiger partial charge in [-0.2, -0.15) is 0 Å². The molecule has 120 valence electrons. The molecule has 0 aromatic heterocycles. The zero-order valence-electron chi connectivity index (χ0n) is 12.1. The van der Waals surface area contributed by atoms with Crippen molar-refractivity contribution in [1.82, 2.24) is 0 Å². The van der Waals surface area contributed by atoms with Crippen LogP contribution in [-0.4, -0.2) is 20.9 Å². The molecule has 0 spiro atoms. The van der Waals surface area contributed by atoms with Gasteiger partial charge in [-0.25, -0.2) is 8.42 Å². The van der Waals surface area contributed by atoms with Crippen LogP contribution in [0, 0.1) is 6.92 Å². The van der Waals surface area contributed by atoms with Gasteiger partial charge in [-0.15, -0.1) is 0 Å². The molecule has 0 saturated carbocycles. The van der Waals surface area contributed by atoms with E-state index in [0.29, 0.717) is 27.7 Å². The van der Waals surface area contributed by atoms with Gasteiger partial charge in [-0.05, 0) is 42.8 Å². The van der Waals surface area contributed by atoms with Crippen molar-refractivity contribution in [2.75, 3.05) is 16.6 Å². The highest BCUT2D eigenvalue weighted by Crippen LogP contribution is 2.32. The summed E-state index contributed by atoms with van der Waals surface area (Å²) in [7, 11) is -3.79. The van der Waals surface area contributed by atoms with Crippen molar-refractivity contribution in [2.45, 2.75) is 11.8 Å². The zero-order chi connectivity index (χ0) is 16.6. The number of ether oxygens (including phenoxy) is 1. The van der Waals surface area contributed by atoms with Crippen molar-refractivity contribution < 1.29 is 17.9 Å². The Morgan fingerprint density at radius 3 is 2.83 bits per heavy atom. The maximum absolute atomic E-state index is 12.5. The highest BCUT2D eigenvalue weighted by atomic mass is 35.5. The molecule has 2 N–H and O–H groups in total. The molecule has 1 amide bonds. The third kappa shape index (κ3) is 3.11. The van der Waals surface area contributed by atoms with E-state index < -0.39 is 10.0 Å². The number of hydrogen-bond donors (Lipinski definition) is 2. The number of anilines is 2. The lowest BCUT2D eigenvalue weighted by molar-refractivity contribution is -0.118. The Morgan fingerprint density at radius 2 is 2.04 bits per heavy atom. The number of carbonyl (C=O) groups is 1. The summed E-state index contributed by atoms with van der Waals surface area (Å²) in [5.41, 5.74) is 1.20. The lowest BCUT2D eigenvalue weighted by Crippen LogP contribution is -2.25. The molecule has 0 bridgehead atoms. The summed E-state index contributed by atoms with van der Waals surface area (Å²) < 4.78 is 32.7. The van der Waals surface area contributed by atoms with Gasteiger partial charge in [0.2, 0.25) is 0 Å². The number of rotatable bonds is 3. The summed E-state index contributed by atoms with van der Waals surface area (Å²) in [6.07, 6.45) is 0. The SMILES string of the molecule is Cc1c(Cl)cccc1S(=O)(=O)Nc1ccc2c(c1)NC(=O)CO2. The number of halogens is 1. The van der Waals surface area contributed by atoms with E-state index in [0.717, 1.165) is 0 Å². The zero-order valence-corrected chi connectivity index (χ0v) is 13.7. The number of amides is 1. The van der Waals surface area contributed by atoms with E-state index in [1.165, 1.54) is 12.1 Å². The molecule has 1 aliphatic rings. The highest BCUT2D eigenvalue weighted by molar-refractivity contribution is 7.92. The van der Waals surface area contributed by atoms with Gasteiger partial charge >= 0.3 is 0 Å². The Kier molecular flexibility index (Phi) is 3.91. The van der Waals surface area contributed by atoms with Crippen molar-refractivity contribution in [3.05, 3.63) is 47.0 Å². The molecule has 0 aliphatic carbocycles. The van der Waals surface area contributed by atoms with Gasteiger partial charge in [-0.1, -0.05) is 17.7 Å². The first-order valence-corrected chi connectivity index (χ1v) is 8.57. The second-order valence-electron chi connectivity index (χ2n) is 5.02. The Hall–Kier alpha value is -2.25. The van der Waals surface area contributed by atoms with Crippen LogP contribution in [0.4, 0.5) is 11.4 Å². The molecule has 2 aromatic carbocycles. The van der Waals surface area contributed by atoms with Crippen LogP contribution in [0.2, 0.25) is 5.02 Å². The number of fused-ring (bicyclic) bond motifs is 1. The molecule has 0 saturated heterocycles. The van der Waals surface area contributed by atoms with Crippen LogP contribution in [0.25, 0.3) is 0 Å². The average Bonchev–Trinajstić information content (AvgIpc) is 2.49. The fourth-order valence-corrected chi connectivity index (χ4v) is 3.78. The van der Waals surface area contributed by atoms with Crippen LogP contribution in [-0.2, 0) is 14.8 Å². The van der Waals surface area contributed by atoms with E-state index in [1.54, 1.807) is 31.2 Å². The second kappa shape index (κ2) is 5.75. The number of nitrogens with one attached hydrogen (secondary N) is 2. The van der Waals surface area contributed by atoms with Crippen molar-refractivity contribution in [3.8, 4) is 5.75 Å². The van der Waals surface area contributed by atoms with Crippen LogP contribution < -0.4 is 14.8 Å². The van der Waals surface area contributed by atoms with E-state index in [-0.39, 0.29) is 17.4 Å². The number of sulfonamides is 1. The average molecular weight is 353 g/mol. The molecule has 0 radical (unpaired) electrons. The molecular weight excluding hydrogens is 340 g/mol. The Bertz CT molecular complexity index is 896. The minimum atomic E-state index is -3.79. The minimum Gasteiger partial charge on any atom is -0.482 e. The van der Waals surface area contributed by atoms with Crippen LogP contribution >= 0.6 is 11.6 Å². The molecule has 0 atom stereocenters. The van der Waals surface area contributed by atoms with Crippen molar-refractivity contribution in [2.24, 2.45) is 0 Å². The molecule has 3 rings (SSSR count). The standard InChI is InChI=1S/C15H13ClN2O4S/c1-9-11(16)3-2-4-14(9)23(20,21)18-10-5-6-13-12(7-10)17-15(19)8-22-13/h2-7,18H,8H2,1H3,(H,17,19). The van der Waals surface area contributed by atoms with E-state index >= 15 is 0 Å². The third-order valence-electron chi connectivity index (χ3n) is 3.37. The predicted octanol–water partition coefficient (Wildman–Crippen LogP) is 2.78. The Balaban J connectivity index is 1.93. The third-order valence-corrected chi connectivity index (χ3v) is 5.31. The summed E-state index contributed by atoms with van der Waals surface area (Å²) in [5, 5.41) is 3.00. The van der Waals surface area contributed by atoms with Crippen molar-refractivity contribution in [1.29, 1.82) is 0 Å². The fraction of sp³-hybridized carbons (Fsp3) is 0.133. The fourth-order valence-electron chi connectivity index (χ4n) is 2.24. The first-order valence-electron chi connectivity index (χ1n) is 6.71. The predicted molar refractivity (Wildman–Crippen MR) is 87.6 cm³/mol. The lowest BCUT2D eigenvalue weighted by Gasteiger charge is -2.19. The van der Waals surface area contributed by atoms with Gasteiger partial charge in [0.05, 0.1) is 16.3 Å². The van der Waals surface area contributed by atoms with Gasteiger partial charge in [-0.3, -0.25) is 9.52 Å². The lowest BCUT2D eigenvalue weighted by atomic mass is 10.2. The Labute approximate surface area is 138 Å². The molecule has 1 heterocycles. The number of carbonyl (C=O) groups excluding carboxylic acids is 1. The molecule has 2 aromatic rings. The molecule has 8 heteroatoms. The van der Waals surface area contributed by atoms with Crippen LogP contribution in [0.15, 0.2) is 41.3 Å². The molecular formula is C15H13ClN2O4S. The maximum atomic E-state index is 12.5. The maximum Gasteiger partial charge on any atom is 0.262 e. The van der Waals surface area contributed by atoms with Crippen LogP contribution in [0.3, 0.4) is 0 Å². The molecule has 0 fully saturated rings. The second-order valence-corrected chi connectivity index (χ2v) is 7.07. The van der Waals surface area contributed by atoms with Crippen molar-refractivity contribution in [3.63, 3.8) is 0 Å². The molecule has 1 aliphatic heterocycles. The number of benzene rings is 2. The first-order chi connectivity index (χ1) is 10.9. The highest BCUT2D eigenvalue weighted by Gasteiger charge is 2.20. The van der Waals surface area contributed by atoms with Gasteiger partial charge in [0.15, 0.2) is 6.61 Å². The summed E-state index contributed by atoms with van der Waals surface area (Å²) in [6, 6.07) is 9.34. The van der Waals surface area contributed by atoms with Crippen molar-refractivity contribution >= 4 is 38.9 Å². The smallest absolute Gasteiger partial charge is 0.262 e. The number of hydrogen-bond acceptors (Lipinski definition) is 4. The monoisotopic (exact) mass is 352 g/mol. The van der Waals surface area contributed by atoms with E-state index in [4.69, 9.17) is 16.3 Å². The molecule has 0 unspecified atom stereocenters. The summed E-state index contributed by atoms with van der Waals surface area (Å²) >= 11 is 5.98. The van der Waals surface area contributed by atoms with E-state index in [1.807, 2.05) is 0 Å². The normalized spacial score (nSPS) is 13.7. The largest absolute Gasteiger partial charge is 0.482 e.